The Balaban J connectivity index is 1.79. The Morgan fingerprint density at radius 1 is 0.750 bits per heavy atom. The Bertz CT molecular complexity index is 473. The SMILES string of the molecule is Oc1ccc([C@@H]2C[C@@H]2c2ccccc2)cc1. The Morgan fingerprint density at radius 2 is 1.31 bits per heavy atom. The lowest BCUT2D eigenvalue weighted by Gasteiger charge is -2.01. The molecule has 1 aliphatic rings. The number of hydrogen-bond donors (Lipinski definition) is 1. The Labute approximate surface area is 95.4 Å². The highest BCUT2D eigenvalue weighted by molar-refractivity contribution is 5.38. The third-order valence-electron chi connectivity index (χ3n) is 3.34. The van der Waals surface area contributed by atoms with Gasteiger partial charge in [-0.2, -0.15) is 0 Å². The fourth-order valence-corrected chi connectivity index (χ4v) is 2.35. The van der Waals surface area contributed by atoms with Crippen LogP contribution in [0.1, 0.15) is 29.4 Å². The van der Waals surface area contributed by atoms with Crippen LogP contribution in [0.2, 0.25) is 0 Å². The normalized spacial score (nSPS) is 23.0. The summed E-state index contributed by atoms with van der Waals surface area (Å²) in [5, 5.41) is 9.24. The molecule has 3 rings (SSSR count). The molecule has 0 bridgehead atoms. The maximum Gasteiger partial charge on any atom is 0.115 e. The Hall–Kier alpha value is -1.76. The van der Waals surface area contributed by atoms with Crippen LogP contribution in [-0.4, -0.2) is 5.11 Å². The predicted molar refractivity (Wildman–Crippen MR) is 64.6 cm³/mol. The van der Waals surface area contributed by atoms with E-state index >= 15 is 0 Å². The van der Waals surface area contributed by atoms with E-state index in [0.29, 0.717) is 17.6 Å². The zero-order valence-corrected chi connectivity index (χ0v) is 9.01. The van der Waals surface area contributed by atoms with Gasteiger partial charge >= 0.3 is 0 Å². The second-order valence-corrected chi connectivity index (χ2v) is 4.45. The van der Waals surface area contributed by atoms with Crippen molar-refractivity contribution in [2.45, 2.75) is 18.3 Å². The summed E-state index contributed by atoms with van der Waals surface area (Å²) in [6.45, 7) is 0. The molecule has 2 aromatic rings. The van der Waals surface area contributed by atoms with E-state index in [-0.39, 0.29) is 0 Å². The van der Waals surface area contributed by atoms with Crippen molar-refractivity contribution in [1.29, 1.82) is 0 Å². The van der Waals surface area contributed by atoms with Crippen molar-refractivity contribution in [2.24, 2.45) is 0 Å². The molecule has 0 aliphatic heterocycles. The van der Waals surface area contributed by atoms with E-state index in [1.807, 2.05) is 12.1 Å². The molecule has 0 spiro atoms. The van der Waals surface area contributed by atoms with E-state index in [2.05, 4.69) is 30.3 Å². The van der Waals surface area contributed by atoms with Crippen LogP contribution < -0.4 is 0 Å². The van der Waals surface area contributed by atoms with Crippen LogP contribution in [-0.2, 0) is 0 Å². The summed E-state index contributed by atoms with van der Waals surface area (Å²) in [6, 6.07) is 18.3. The fraction of sp³-hybridized carbons (Fsp3) is 0.200. The van der Waals surface area contributed by atoms with Crippen molar-refractivity contribution in [3.63, 3.8) is 0 Å². The molecule has 1 fully saturated rings. The molecule has 2 atom stereocenters. The van der Waals surface area contributed by atoms with Crippen LogP contribution >= 0.6 is 0 Å². The van der Waals surface area contributed by atoms with Crippen molar-refractivity contribution in [3.8, 4) is 5.75 Å². The van der Waals surface area contributed by atoms with Crippen LogP contribution in [0.4, 0.5) is 0 Å². The lowest BCUT2D eigenvalue weighted by atomic mass is 10.0. The molecule has 0 heterocycles. The molecular weight excluding hydrogens is 196 g/mol. The van der Waals surface area contributed by atoms with Gasteiger partial charge in [-0.1, -0.05) is 42.5 Å². The molecule has 1 N–H and O–H groups in total. The van der Waals surface area contributed by atoms with E-state index in [1.54, 1.807) is 12.1 Å². The quantitative estimate of drug-likeness (QED) is 0.802. The molecule has 0 aromatic heterocycles. The molecule has 0 radical (unpaired) electrons. The summed E-state index contributed by atoms with van der Waals surface area (Å²) in [7, 11) is 0. The van der Waals surface area contributed by atoms with Gasteiger partial charge in [0, 0.05) is 0 Å². The number of rotatable bonds is 2. The van der Waals surface area contributed by atoms with Crippen LogP contribution in [0.5, 0.6) is 5.75 Å². The molecule has 1 heteroatoms. The monoisotopic (exact) mass is 210 g/mol. The second kappa shape index (κ2) is 3.67. The zero-order chi connectivity index (χ0) is 11.0. The third-order valence-corrected chi connectivity index (χ3v) is 3.34. The minimum Gasteiger partial charge on any atom is -0.508 e. The lowest BCUT2D eigenvalue weighted by Crippen LogP contribution is -1.83. The average Bonchev–Trinajstić information content (AvgIpc) is 3.11. The number of hydrogen-bond acceptors (Lipinski definition) is 1. The first-order valence-electron chi connectivity index (χ1n) is 5.68. The van der Waals surface area contributed by atoms with E-state index < -0.39 is 0 Å². The largest absolute Gasteiger partial charge is 0.508 e. The maximum absolute atomic E-state index is 9.24. The summed E-state index contributed by atoms with van der Waals surface area (Å²) in [5.41, 5.74) is 2.77. The Kier molecular flexibility index (Phi) is 2.17. The van der Waals surface area contributed by atoms with Crippen molar-refractivity contribution < 1.29 is 5.11 Å². The first-order valence-corrected chi connectivity index (χ1v) is 5.68. The maximum atomic E-state index is 9.24. The van der Waals surface area contributed by atoms with Crippen LogP contribution in [0, 0.1) is 0 Å². The second-order valence-electron chi connectivity index (χ2n) is 4.45. The topological polar surface area (TPSA) is 20.2 Å². The smallest absolute Gasteiger partial charge is 0.115 e. The molecule has 2 aromatic carbocycles. The summed E-state index contributed by atoms with van der Waals surface area (Å²) in [4.78, 5) is 0. The molecule has 0 unspecified atom stereocenters. The Morgan fingerprint density at radius 3 is 1.94 bits per heavy atom. The van der Waals surface area contributed by atoms with Gasteiger partial charge < -0.3 is 5.11 Å². The fourth-order valence-electron chi connectivity index (χ4n) is 2.35. The van der Waals surface area contributed by atoms with Gasteiger partial charge in [0.05, 0.1) is 0 Å². The van der Waals surface area contributed by atoms with Crippen LogP contribution in [0.3, 0.4) is 0 Å². The number of phenolic OH excluding ortho intramolecular Hbond substituents is 1. The van der Waals surface area contributed by atoms with E-state index in [0.717, 1.165) is 0 Å². The first-order chi connectivity index (χ1) is 7.84. The van der Waals surface area contributed by atoms with E-state index in [9.17, 15) is 5.11 Å². The highest BCUT2D eigenvalue weighted by Crippen LogP contribution is 2.54. The van der Waals surface area contributed by atoms with Crippen molar-refractivity contribution in [2.75, 3.05) is 0 Å². The van der Waals surface area contributed by atoms with E-state index in [1.165, 1.54) is 17.5 Å². The molecule has 80 valence electrons. The standard InChI is InChI=1S/C15H14O/c16-13-8-6-12(7-9-13)15-10-14(15)11-4-2-1-3-5-11/h1-9,14-16H,10H2/t14-,15+/m1/s1. The highest BCUT2D eigenvalue weighted by atomic mass is 16.3. The first kappa shape index (κ1) is 9.46. The lowest BCUT2D eigenvalue weighted by molar-refractivity contribution is 0.475. The molecule has 1 saturated carbocycles. The minimum absolute atomic E-state index is 0.348. The van der Waals surface area contributed by atoms with E-state index in [4.69, 9.17) is 0 Å². The predicted octanol–water partition coefficient (Wildman–Crippen LogP) is 3.66. The number of aromatic hydroxyl groups is 1. The molecular formula is C15H14O. The van der Waals surface area contributed by atoms with Gasteiger partial charge in [0.1, 0.15) is 5.75 Å². The average molecular weight is 210 g/mol. The molecule has 0 amide bonds. The third kappa shape index (κ3) is 1.69. The van der Waals surface area contributed by atoms with Gasteiger partial charge in [-0.3, -0.25) is 0 Å². The zero-order valence-electron chi connectivity index (χ0n) is 9.01. The summed E-state index contributed by atoms with van der Waals surface area (Å²) < 4.78 is 0. The summed E-state index contributed by atoms with van der Waals surface area (Å²) in [6.07, 6.45) is 1.23. The minimum atomic E-state index is 0.348. The van der Waals surface area contributed by atoms with Crippen LogP contribution in [0.15, 0.2) is 54.6 Å². The molecule has 1 aliphatic carbocycles. The van der Waals surface area contributed by atoms with Crippen LogP contribution in [0.25, 0.3) is 0 Å². The van der Waals surface area contributed by atoms with Gasteiger partial charge in [0.2, 0.25) is 0 Å². The van der Waals surface area contributed by atoms with Gasteiger partial charge in [-0.25, -0.2) is 0 Å². The molecule has 16 heavy (non-hydrogen) atoms. The van der Waals surface area contributed by atoms with Crippen molar-refractivity contribution in [1.82, 2.24) is 0 Å². The van der Waals surface area contributed by atoms with Gasteiger partial charge in [0.25, 0.3) is 0 Å². The van der Waals surface area contributed by atoms with Crippen molar-refractivity contribution >= 4 is 0 Å². The summed E-state index contributed by atoms with van der Waals surface area (Å²) in [5.74, 6) is 1.66. The highest BCUT2D eigenvalue weighted by Gasteiger charge is 2.39. The van der Waals surface area contributed by atoms with Gasteiger partial charge in [-0.05, 0) is 41.5 Å². The summed E-state index contributed by atoms with van der Waals surface area (Å²) >= 11 is 0. The number of phenols is 1. The van der Waals surface area contributed by atoms with Gasteiger partial charge in [0.15, 0.2) is 0 Å². The van der Waals surface area contributed by atoms with Gasteiger partial charge in [-0.15, -0.1) is 0 Å². The number of benzene rings is 2. The molecule has 0 saturated heterocycles. The van der Waals surface area contributed by atoms with Crippen molar-refractivity contribution in [3.05, 3.63) is 65.7 Å². The molecule has 1 nitrogen and oxygen atoms in total.